The standard InChI is InChI=1S/C12H13Cl2N3O2S/c1-16(2)20(18,19)10-6-15-17(8-10)7-9-4-3-5-11(13)12(9)14/h3-6,8H,7H2,1-2H3. The molecule has 0 saturated carbocycles. The number of aromatic nitrogens is 2. The monoisotopic (exact) mass is 333 g/mol. The van der Waals surface area contributed by atoms with Crippen molar-refractivity contribution in [1.82, 2.24) is 14.1 Å². The topological polar surface area (TPSA) is 55.2 Å². The molecule has 8 heteroatoms. The van der Waals surface area contributed by atoms with Crippen LogP contribution in [-0.2, 0) is 16.6 Å². The van der Waals surface area contributed by atoms with Crippen molar-refractivity contribution in [1.29, 1.82) is 0 Å². The molecule has 0 N–H and O–H groups in total. The van der Waals surface area contributed by atoms with Crippen LogP contribution in [0.5, 0.6) is 0 Å². The zero-order valence-corrected chi connectivity index (χ0v) is 13.2. The summed E-state index contributed by atoms with van der Waals surface area (Å²) in [5.41, 5.74) is 0.774. The van der Waals surface area contributed by atoms with E-state index in [9.17, 15) is 8.42 Å². The van der Waals surface area contributed by atoms with Gasteiger partial charge in [0.1, 0.15) is 4.90 Å². The summed E-state index contributed by atoms with van der Waals surface area (Å²) < 4.78 is 26.5. The number of benzene rings is 1. The van der Waals surface area contributed by atoms with E-state index in [0.717, 1.165) is 9.87 Å². The molecule has 0 aliphatic rings. The average Bonchev–Trinajstić information content (AvgIpc) is 2.84. The lowest BCUT2D eigenvalue weighted by Gasteiger charge is -2.08. The van der Waals surface area contributed by atoms with Gasteiger partial charge in [0, 0.05) is 20.3 Å². The van der Waals surface area contributed by atoms with Gasteiger partial charge >= 0.3 is 0 Å². The zero-order chi connectivity index (χ0) is 14.9. The van der Waals surface area contributed by atoms with Crippen molar-refractivity contribution in [2.45, 2.75) is 11.4 Å². The van der Waals surface area contributed by atoms with E-state index in [-0.39, 0.29) is 4.90 Å². The number of halogens is 2. The molecule has 0 aliphatic carbocycles. The molecule has 0 aliphatic heterocycles. The highest BCUT2D eigenvalue weighted by atomic mass is 35.5. The molecule has 2 aromatic rings. The molecule has 1 heterocycles. The van der Waals surface area contributed by atoms with Crippen LogP contribution in [0, 0.1) is 0 Å². The van der Waals surface area contributed by atoms with Crippen LogP contribution >= 0.6 is 23.2 Å². The van der Waals surface area contributed by atoms with Crippen LogP contribution in [0.3, 0.4) is 0 Å². The van der Waals surface area contributed by atoms with Crippen molar-refractivity contribution in [2.75, 3.05) is 14.1 Å². The third-order valence-electron chi connectivity index (χ3n) is 2.75. The second kappa shape index (κ2) is 5.73. The van der Waals surface area contributed by atoms with Crippen LogP contribution in [0.4, 0.5) is 0 Å². The van der Waals surface area contributed by atoms with Gasteiger partial charge in [-0.05, 0) is 11.6 Å². The van der Waals surface area contributed by atoms with Gasteiger partial charge in [-0.1, -0.05) is 35.3 Å². The SMILES string of the molecule is CN(C)S(=O)(=O)c1cnn(Cc2cccc(Cl)c2Cl)c1. The molecule has 0 spiro atoms. The molecular formula is C12H13Cl2N3O2S. The molecule has 1 aromatic carbocycles. The van der Waals surface area contributed by atoms with Gasteiger partial charge < -0.3 is 0 Å². The summed E-state index contributed by atoms with van der Waals surface area (Å²) in [6.07, 6.45) is 2.78. The summed E-state index contributed by atoms with van der Waals surface area (Å²) >= 11 is 12.0. The highest BCUT2D eigenvalue weighted by Crippen LogP contribution is 2.26. The second-order valence-electron chi connectivity index (χ2n) is 4.37. The number of rotatable bonds is 4. The first-order chi connectivity index (χ1) is 9.32. The van der Waals surface area contributed by atoms with Gasteiger partial charge in [0.2, 0.25) is 10.0 Å². The quantitative estimate of drug-likeness (QED) is 0.863. The summed E-state index contributed by atoms with van der Waals surface area (Å²) in [6, 6.07) is 5.29. The van der Waals surface area contributed by atoms with Crippen molar-refractivity contribution >= 4 is 33.2 Å². The van der Waals surface area contributed by atoms with Crippen LogP contribution in [0.15, 0.2) is 35.5 Å². The molecule has 0 radical (unpaired) electrons. The van der Waals surface area contributed by atoms with Gasteiger partial charge in [-0.2, -0.15) is 5.10 Å². The molecular weight excluding hydrogens is 321 g/mol. The summed E-state index contributed by atoms with van der Waals surface area (Å²) in [4.78, 5) is 0.139. The molecule has 0 fully saturated rings. The molecule has 5 nitrogen and oxygen atoms in total. The Labute approximate surface area is 127 Å². The van der Waals surface area contributed by atoms with Crippen LogP contribution in [0.1, 0.15) is 5.56 Å². The van der Waals surface area contributed by atoms with Gasteiger partial charge in [0.05, 0.1) is 22.8 Å². The number of nitrogens with zero attached hydrogens (tertiary/aromatic N) is 3. The highest BCUT2D eigenvalue weighted by Gasteiger charge is 2.19. The van der Waals surface area contributed by atoms with Crippen LogP contribution < -0.4 is 0 Å². The van der Waals surface area contributed by atoms with E-state index in [1.165, 1.54) is 31.2 Å². The van der Waals surface area contributed by atoms with Gasteiger partial charge in [-0.25, -0.2) is 12.7 Å². The smallest absolute Gasteiger partial charge is 0.245 e. The molecule has 0 bridgehead atoms. The van der Waals surface area contributed by atoms with E-state index in [1.54, 1.807) is 12.1 Å². The minimum Gasteiger partial charge on any atom is -0.267 e. The molecule has 0 saturated heterocycles. The summed E-state index contributed by atoms with van der Waals surface area (Å²) in [5, 5.41) is 4.94. The molecule has 20 heavy (non-hydrogen) atoms. The van der Waals surface area contributed by atoms with E-state index < -0.39 is 10.0 Å². The Morgan fingerprint density at radius 1 is 1.30 bits per heavy atom. The highest BCUT2D eigenvalue weighted by molar-refractivity contribution is 7.89. The summed E-state index contributed by atoms with van der Waals surface area (Å²) in [6.45, 7) is 0.350. The lowest BCUT2D eigenvalue weighted by molar-refractivity contribution is 0.520. The summed E-state index contributed by atoms with van der Waals surface area (Å²) in [5.74, 6) is 0. The molecule has 1 aromatic heterocycles. The van der Waals surface area contributed by atoms with Crippen molar-refractivity contribution in [3.05, 3.63) is 46.2 Å². The van der Waals surface area contributed by atoms with Crippen molar-refractivity contribution < 1.29 is 8.42 Å². The fourth-order valence-corrected chi connectivity index (χ4v) is 2.86. The maximum atomic E-state index is 11.9. The average molecular weight is 334 g/mol. The minimum absolute atomic E-state index is 0.139. The largest absolute Gasteiger partial charge is 0.267 e. The normalized spacial score (nSPS) is 12.1. The molecule has 0 unspecified atom stereocenters. The van der Waals surface area contributed by atoms with Crippen molar-refractivity contribution in [2.24, 2.45) is 0 Å². The lowest BCUT2D eigenvalue weighted by atomic mass is 10.2. The first-order valence-corrected chi connectivity index (χ1v) is 7.90. The minimum atomic E-state index is -3.48. The number of hydrogen-bond donors (Lipinski definition) is 0. The Morgan fingerprint density at radius 2 is 2.00 bits per heavy atom. The van der Waals surface area contributed by atoms with Gasteiger partial charge in [0.15, 0.2) is 0 Å². The molecule has 0 amide bonds. The third-order valence-corrected chi connectivity index (χ3v) is 5.38. The molecule has 2 rings (SSSR count). The Hall–Kier alpha value is -1.08. The van der Waals surface area contributed by atoms with E-state index >= 15 is 0 Å². The Balaban J connectivity index is 2.29. The lowest BCUT2D eigenvalue weighted by Crippen LogP contribution is -2.21. The first-order valence-electron chi connectivity index (χ1n) is 5.70. The van der Waals surface area contributed by atoms with E-state index in [0.29, 0.717) is 16.6 Å². The zero-order valence-electron chi connectivity index (χ0n) is 10.9. The number of hydrogen-bond acceptors (Lipinski definition) is 3. The number of sulfonamides is 1. The fourth-order valence-electron chi connectivity index (χ4n) is 1.62. The molecule has 108 valence electrons. The second-order valence-corrected chi connectivity index (χ2v) is 7.31. The Bertz CT molecular complexity index is 726. The van der Waals surface area contributed by atoms with Crippen LogP contribution in [0.2, 0.25) is 10.0 Å². The van der Waals surface area contributed by atoms with E-state index in [4.69, 9.17) is 23.2 Å². The third kappa shape index (κ3) is 2.98. The Morgan fingerprint density at radius 3 is 2.65 bits per heavy atom. The van der Waals surface area contributed by atoms with E-state index in [1.807, 2.05) is 6.07 Å². The van der Waals surface area contributed by atoms with Crippen molar-refractivity contribution in [3.8, 4) is 0 Å². The summed E-state index contributed by atoms with van der Waals surface area (Å²) in [7, 11) is -0.530. The van der Waals surface area contributed by atoms with Crippen molar-refractivity contribution in [3.63, 3.8) is 0 Å². The fraction of sp³-hybridized carbons (Fsp3) is 0.250. The maximum Gasteiger partial charge on any atom is 0.245 e. The maximum absolute atomic E-state index is 11.9. The Kier molecular flexibility index (Phi) is 4.39. The van der Waals surface area contributed by atoms with E-state index in [2.05, 4.69) is 5.10 Å². The predicted octanol–water partition coefficient (Wildman–Crippen LogP) is 2.49. The predicted molar refractivity (Wildman–Crippen MR) is 78.7 cm³/mol. The van der Waals surface area contributed by atoms with Crippen LogP contribution in [0.25, 0.3) is 0 Å². The molecule has 0 atom stereocenters. The van der Waals surface area contributed by atoms with Gasteiger partial charge in [0.25, 0.3) is 0 Å². The van der Waals surface area contributed by atoms with Gasteiger partial charge in [-0.3, -0.25) is 4.68 Å². The van der Waals surface area contributed by atoms with Crippen LogP contribution in [-0.4, -0.2) is 36.6 Å². The van der Waals surface area contributed by atoms with Gasteiger partial charge in [-0.15, -0.1) is 0 Å². The first kappa shape index (κ1) is 15.3.